The number of anilines is 1. The smallest absolute Gasteiger partial charge is 0.309 e. The average molecular weight is 529 g/mol. The highest BCUT2D eigenvalue weighted by molar-refractivity contribution is 8.03. The summed E-state index contributed by atoms with van der Waals surface area (Å²) in [7, 11) is 0. The molecule has 2 heterocycles. The summed E-state index contributed by atoms with van der Waals surface area (Å²) in [6.45, 7) is 4.75. The highest BCUT2D eigenvalue weighted by atomic mass is 35.5. The first kappa shape index (κ1) is 25.3. The molecule has 9 heteroatoms. The molecule has 0 bridgehead atoms. The van der Waals surface area contributed by atoms with Crippen molar-refractivity contribution in [2.24, 2.45) is 0 Å². The van der Waals surface area contributed by atoms with Gasteiger partial charge in [0.05, 0.1) is 10.7 Å². The summed E-state index contributed by atoms with van der Waals surface area (Å²) in [5.41, 5.74) is 4.08. The Morgan fingerprint density at radius 2 is 2.00 bits per heavy atom. The van der Waals surface area contributed by atoms with Gasteiger partial charge in [-0.3, -0.25) is 4.79 Å². The number of hydrogen-bond acceptors (Lipinski definition) is 6. The van der Waals surface area contributed by atoms with E-state index in [0.29, 0.717) is 18.1 Å². The van der Waals surface area contributed by atoms with Crippen LogP contribution in [0.15, 0.2) is 58.0 Å². The van der Waals surface area contributed by atoms with Crippen molar-refractivity contribution in [3.05, 3.63) is 68.7 Å². The lowest BCUT2D eigenvalue weighted by Gasteiger charge is -2.21. The fourth-order valence-electron chi connectivity index (χ4n) is 3.93. The number of aromatic nitrogens is 1. The lowest BCUT2D eigenvalue weighted by Crippen LogP contribution is -2.36. The zero-order valence-corrected chi connectivity index (χ0v) is 21.8. The SMILES string of the molecule is CCC(=C/c1sc2ccc(Cl)cc2[n+]1CCC(=O)O)/C=C1/Sc2ccc(C)cc2N1CCC(=O)[O-]. The summed E-state index contributed by atoms with van der Waals surface area (Å²) in [4.78, 5) is 25.6. The summed E-state index contributed by atoms with van der Waals surface area (Å²) < 4.78 is 3.03. The van der Waals surface area contributed by atoms with E-state index in [1.807, 2.05) is 34.6 Å². The zero-order valence-electron chi connectivity index (χ0n) is 19.4. The van der Waals surface area contributed by atoms with E-state index in [-0.39, 0.29) is 12.8 Å². The fourth-order valence-corrected chi connectivity index (χ4v) is 6.39. The molecule has 0 aliphatic carbocycles. The van der Waals surface area contributed by atoms with Crippen LogP contribution in [0.4, 0.5) is 5.69 Å². The van der Waals surface area contributed by atoms with Crippen LogP contribution in [0.5, 0.6) is 0 Å². The van der Waals surface area contributed by atoms with Crippen molar-refractivity contribution in [3.63, 3.8) is 0 Å². The first-order chi connectivity index (χ1) is 16.7. The molecule has 1 N–H and O–H groups in total. The Morgan fingerprint density at radius 3 is 2.71 bits per heavy atom. The third kappa shape index (κ3) is 5.89. The molecular formula is C26H25ClN2O4S2. The van der Waals surface area contributed by atoms with Crippen molar-refractivity contribution in [1.29, 1.82) is 0 Å². The van der Waals surface area contributed by atoms with E-state index < -0.39 is 11.9 Å². The molecule has 0 atom stereocenters. The van der Waals surface area contributed by atoms with Crippen molar-refractivity contribution in [3.8, 4) is 0 Å². The molecule has 0 amide bonds. The van der Waals surface area contributed by atoms with E-state index in [9.17, 15) is 19.8 Å². The predicted molar refractivity (Wildman–Crippen MR) is 140 cm³/mol. The minimum Gasteiger partial charge on any atom is -0.550 e. The quantitative estimate of drug-likeness (QED) is 0.393. The maximum atomic E-state index is 11.3. The molecule has 3 aromatic rings. The van der Waals surface area contributed by atoms with Crippen LogP contribution in [-0.2, 0) is 16.1 Å². The van der Waals surface area contributed by atoms with E-state index in [4.69, 9.17) is 11.6 Å². The minimum atomic E-state index is -1.08. The number of nitrogens with zero attached hydrogens (tertiary/aromatic N) is 2. The van der Waals surface area contributed by atoms with Gasteiger partial charge in [0, 0.05) is 41.0 Å². The molecule has 4 rings (SSSR count). The van der Waals surface area contributed by atoms with E-state index in [1.54, 1.807) is 23.1 Å². The van der Waals surface area contributed by atoms with E-state index in [2.05, 4.69) is 37.3 Å². The van der Waals surface area contributed by atoms with Crippen LogP contribution < -0.4 is 14.6 Å². The molecule has 6 nitrogen and oxygen atoms in total. The van der Waals surface area contributed by atoms with Crippen molar-refractivity contribution in [2.45, 2.75) is 44.6 Å². The number of aryl methyl sites for hydroxylation is 2. The molecule has 0 saturated carbocycles. The number of thiazole rings is 1. The van der Waals surface area contributed by atoms with Gasteiger partial charge >= 0.3 is 5.97 Å². The number of carboxylic acids is 2. The van der Waals surface area contributed by atoms with Gasteiger partial charge in [0.25, 0.3) is 5.01 Å². The minimum absolute atomic E-state index is 0.00785. The molecule has 1 aromatic heterocycles. The third-order valence-corrected chi connectivity index (χ3v) is 8.15. The Bertz CT molecular complexity index is 1360. The van der Waals surface area contributed by atoms with E-state index >= 15 is 0 Å². The number of aliphatic carboxylic acids is 2. The molecule has 0 unspecified atom stereocenters. The third-order valence-electron chi connectivity index (χ3n) is 5.69. The highest BCUT2D eigenvalue weighted by Crippen LogP contribution is 2.47. The van der Waals surface area contributed by atoms with Gasteiger partial charge in [-0.05, 0) is 54.8 Å². The number of thioether (sulfide) groups is 1. The van der Waals surface area contributed by atoms with Gasteiger partial charge in [0.2, 0.25) is 5.52 Å². The second kappa shape index (κ2) is 10.8. The molecule has 0 saturated heterocycles. The Balaban J connectivity index is 1.75. The molecule has 0 fully saturated rings. The second-order valence-electron chi connectivity index (χ2n) is 8.25. The fraction of sp³-hybridized carbons (Fsp3) is 0.269. The van der Waals surface area contributed by atoms with Crippen LogP contribution in [0.1, 0.15) is 36.8 Å². The number of carboxylic acid groups (broad SMARTS) is 2. The molecule has 2 aromatic carbocycles. The molecule has 0 spiro atoms. The van der Waals surface area contributed by atoms with Crippen molar-refractivity contribution < 1.29 is 24.4 Å². The van der Waals surface area contributed by atoms with Crippen LogP contribution in [0, 0.1) is 6.92 Å². The lowest BCUT2D eigenvalue weighted by molar-refractivity contribution is -0.667. The summed E-state index contributed by atoms with van der Waals surface area (Å²) in [6.07, 6.45) is 4.87. The maximum absolute atomic E-state index is 11.3. The summed E-state index contributed by atoms with van der Waals surface area (Å²) >= 11 is 9.44. The van der Waals surface area contributed by atoms with Crippen LogP contribution in [0.3, 0.4) is 0 Å². The molecule has 35 heavy (non-hydrogen) atoms. The van der Waals surface area contributed by atoms with Gasteiger partial charge < -0.3 is 19.9 Å². The number of fused-ring (bicyclic) bond motifs is 2. The molecule has 182 valence electrons. The van der Waals surface area contributed by atoms with E-state index in [0.717, 1.165) is 48.4 Å². The average Bonchev–Trinajstić information content (AvgIpc) is 3.31. The maximum Gasteiger partial charge on any atom is 0.309 e. The van der Waals surface area contributed by atoms with Crippen LogP contribution >= 0.6 is 34.7 Å². The predicted octanol–water partition coefficient (Wildman–Crippen LogP) is 5.01. The standard InChI is InChI=1S/C26H25ClN2O4S2/c1-3-17(13-23-28(10-8-25(30)31)19-12-16(2)4-6-21(19)34-23)14-24-29(11-9-26(32)33)20-15-18(27)5-7-22(20)35-24/h4-7,12-15H,3,8-11H2,1-2H3,(H-,30,31,32,33). The number of halogens is 1. The second-order valence-corrected chi connectivity index (χ2v) is 10.8. The normalized spacial score (nSPS) is 14.7. The molecule has 1 aliphatic rings. The van der Waals surface area contributed by atoms with Gasteiger partial charge in [-0.1, -0.05) is 47.7 Å². The van der Waals surface area contributed by atoms with Gasteiger partial charge in [0.15, 0.2) is 6.54 Å². The zero-order chi connectivity index (χ0) is 25.1. The van der Waals surface area contributed by atoms with Crippen LogP contribution in [0.2, 0.25) is 5.02 Å². The van der Waals surface area contributed by atoms with Crippen molar-refractivity contribution in [1.82, 2.24) is 0 Å². The molecule has 0 radical (unpaired) electrons. The Kier molecular flexibility index (Phi) is 7.84. The first-order valence-corrected chi connectivity index (χ1v) is 13.3. The number of rotatable bonds is 9. The van der Waals surface area contributed by atoms with Crippen LogP contribution in [-0.4, -0.2) is 23.6 Å². The van der Waals surface area contributed by atoms with Crippen molar-refractivity contribution >= 4 is 68.6 Å². The lowest BCUT2D eigenvalue weighted by atomic mass is 10.1. The van der Waals surface area contributed by atoms with Gasteiger partial charge in [-0.15, -0.1) is 0 Å². The number of benzene rings is 2. The van der Waals surface area contributed by atoms with E-state index in [1.165, 1.54) is 0 Å². The van der Waals surface area contributed by atoms with Gasteiger partial charge in [-0.2, -0.15) is 4.57 Å². The Morgan fingerprint density at radius 1 is 1.20 bits per heavy atom. The molecular weight excluding hydrogens is 504 g/mol. The largest absolute Gasteiger partial charge is 0.550 e. The number of carbonyl (C=O) groups excluding carboxylic acids is 1. The number of carbonyl (C=O) groups is 2. The summed E-state index contributed by atoms with van der Waals surface area (Å²) in [6, 6.07) is 11.8. The van der Waals surface area contributed by atoms with Gasteiger partial charge in [-0.25, -0.2) is 0 Å². The number of hydrogen-bond donors (Lipinski definition) is 1. The first-order valence-electron chi connectivity index (χ1n) is 11.3. The monoisotopic (exact) mass is 528 g/mol. The van der Waals surface area contributed by atoms with Crippen LogP contribution in [0.25, 0.3) is 16.3 Å². The number of allylic oxidation sites excluding steroid dienone is 2. The molecule has 1 aliphatic heterocycles. The summed E-state index contributed by atoms with van der Waals surface area (Å²) in [5.74, 6) is -1.93. The van der Waals surface area contributed by atoms with Crippen molar-refractivity contribution in [2.75, 3.05) is 11.4 Å². The highest BCUT2D eigenvalue weighted by Gasteiger charge is 2.26. The Hall–Kier alpha value is -2.81. The van der Waals surface area contributed by atoms with Gasteiger partial charge in [0.1, 0.15) is 11.1 Å². The topological polar surface area (TPSA) is 84.5 Å². The Labute approximate surface area is 217 Å². The summed E-state index contributed by atoms with van der Waals surface area (Å²) in [5, 5.41) is 22.9.